The summed E-state index contributed by atoms with van der Waals surface area (Å²) in [7, 11) is 1.39. The number of aromatic nitrogens is 3. The highest BCUT2D eigenvalue weighted by molar-refractivity contribution is 5.36. The number of nitrogens with zero attached hydrogens (tertiary/aromatic N) is 3. The number of hydrogen-bond donors (Lipinski definition) is 3. The van der Waals surface area contributed by atoms with E-state index in [0.717, 1.165) is 18.7 Å². The van der Waals surface area contributed by atoms with Gasteiger partial charge >= 0.3 is 5.69 Å². The van der Waals surface area contributed by atoms with Gasteiger partial charge in [-0.1, -0.05) is 18.2 Å². The number of benzene rings is 2. The number of methoxy groups -OCH3 is 1. The molecule has 1 aliphatic rings. The van der Waals surface area contributed by atoms with Gasteiger partial charge < -0.3 is 9.84 Å². The first-order chi connectivity index (χ1) is 14.1. The van der Waals surface area contributed by atoms with Gasteiger partial charge in [-0.25, -0.2) is 9.18 Å². The molecule has 0 spiro atoms. The van der Waals surface area contributed by atoms with Crippen LogP contribution in [0.1, 0.15) is 22.9 Å². The van der Waals surface area contributed by atoms with Crippen LogP contribution in [0.5, 0.6) is 5.75 Å². The maximum atomic E-state index is 14.0. The van der Waals surface area contributed by atoms with Gasteiger partial charge in [-0.3, -0.25) is 15.4 Å². The minimum absolute atomic E-state index is 0.0904. The van der Waals surface area contributed by atoms with E-state index in [2.05, 4.69) is 16.0 Å². The fourth-order valence-electron chi connectivity index (χ4n) is 3.46. The summed E-state index contributed by atoms with van der Waals surface area (Å²) in [5.41, 5.74) is 8.12. The minimum Gasteiger partial charge on any atom is -0.494 e. The van der Waals surface area contributed by atoms with Crippen LogP contribution in [0.3, 0.4) is 0 Å². The zero-order chi connectivity index (χ0) is 20.4. The molecule has 8 nitrogen and oxygen atoms in total. The van der Waals surface area contributed by atoms with Crippen LogP contribution in [-0.4, -0.2) is 39.7 Å². The SMILES string of the molecule is COc1ccc(Cn2c(CO)nn(-c3ccc(C4CNNC4)cc3)c2=O)cc1F. The van der Waals surface area contributed by atoms with E-state index in [9.17, 15) is 14.3 Å². The Bertz CT molecular complexity index is 1050. The molecule has 0 bridgehead atoms. The number of ether oxygens (including phenoxy) is 1. The Hall–Kier alpha value is -3.01. The van der Waals surface area contributed by atoms with E-state index < -0.39 is 18.1 Å². The topological polar surface area (TPSA) is 93.3 Å². The van der Waals surface area contributed by atoms with Crippen LogP contribution >= 0.6 is 0 Å². The van der Waals surface area contributed by atoms with Crippen LogP contribution in [0.15, 0.2) is 47.3 Å². The monoisotopic (exact) mass is 399 g/mol. The molecule has 1 aromatic heterocycles. The largest absolute Gasteiger partial charge is 0.494 e. The molecule has 3 N–H and O–H groups in total. The van der Waals surface area contributed by atoms with Gasteiger partial charge in [-0.2, -0.15) is 4.68 Å². The Balaban J connectivity index is 1.63. The van der Waals surface area contributed by atoms with Crippen molar-refractivity contribution >= 4 is 0 Å². The summed E-state index contributed by atoms with van der Waals surface area (Å²) in [5.74, 6) is 0.199. The van der Waals surface area contributed by atoms with Crippen LogP contribution < -0.4 is 21.3 Å². The van der Waals surface area contributed by atoms with Gasteiger partial charge in [-0.15, -0.1) is 5.10 Å². The minimum atomic E-state index is -0.512. The fraction of sp³-hybridized carbons (Fsp3) is 0.300. The lowest BCUT2D eigenvalue weighted by molar-refractivity contribution is 0.265. The zero-order valence-electron chi connectivity index (χ0n) is 15.9. The third-order valence-electron chi connectivity index (χ3n) is 5.07. The maximum absolute atomic E-state index is 14.0. The van der Waals surface area contributed by atoms with E-state index in [1.807, 2.05) is 24.3 Å². The molecule has 152 valence electrons. The van der Waals surface area contributed by atoms with Crippen molar-refractivity contribution in [2.45, 2.75) is 19.1 Å². The van der Waals surface area contributed by atoms with Gasteiger partial charge in [0.2, 0.25) is 0 Å². The van der Waals surface area contributed by atoms with Crippen LogP contribution in [-0.2, 0) is 13.2 Å². The molecule has 2 aromatic carbocycles. The van der Waals surface area contributed by atoms with Crippen molar-refractivity contribution in [2.75, 3.05) is 20.2 Å². The van der Waals surface area contributed by atoms with E-state index in [1.54, 1.807) is 6.07 Å². The first-order valence-electron chi connectivity index (χ1n) is 9.28. The predicted molar refractivity (Wildman–Crippen MR) is 105 cm³/mol. The van der Waals surface area contributed by atoms with Crippen molar-refractivity contribution in [1.29, 1.82) is 0 Å². The predicted octanol–water partition coefficient (Wildman–Crippen LogP) is 0.914. The molecule has 0 unspecified atom stereocenters. The van der Waals surface area contributed by atoms with E-state index >= 15 is 0 Å². The first kappa shape index (κ1) is 19.3. The normalized spacial score (nSPS) is 14.4. The number of nitrogens with one attached hydrogen (secondary N) is 2. The number of hydrogen-bond acceptors (Lipinski definition) is 6. The second-order valence-corrected chi connectivity index (χ2v) is 6.87. The molecule has 0 saturated carbocycles. The third-order valence-corrected chi connectivity index (χ3v) is 5.07. The van der Waals surface area contributed by atoms with Crippen molar-refractivity contribution in [3.8, 4) is 11.4 Å². The van der Waals surface area contributed by atoms with Gasteiger partial charge in [-0.05, 0) is 35.4 Å². The molecule has 2 heterocycles. The Morgan fingerprint density at radius 2 is 1.93 bits per heavy atom. The van der Waals surface area contributed by atoms with E-state index in [-0.39, 0.29) is 18.1 Å². The summed E-state index contributed by atoms with van der Waals surface area (Å²) in [6.07, 6.45) is 0. The molecule has 0 aliphatic carbocycles. The van der Waals surface area contributed by atoms with Crippen molar-refractivity contribution in [2.24, 2.45) is 0 Å². The first-order valence-corrected chi connectivity index (χ1v) is 9.28. The Morgan fingerprint density at radius 1 is 1.21 bits per heavy atom. The molecule has 0 radical (unpaired) electrons. The van der Waals surface area contributed by atoms with Gasteiger partial charge in [0.25, 0.3) is 0 Å². The maximum Gasteiger partial charge on any atom is 0.351 e. The average molecular weight is 399 g/mol. The Labute approximate surface area is 166 Å². The van der Waals surface area contributed by atoms with Crippen LogP contribution in [0.25, 0.3) is 5.69 Å². The molecule has 1 saturated heterocycles. The molecule has 3 aromatic rings. The lowest BCUT2D eigenvalue weighted by Crippen LogP contribution is -2.25. The number of aliphatic hydroxyl groups is 1. The highest BCUT2D eigenvalue weighted by Crippen LogP contribution is 2.20. The molecule has 1 aliphatic heterocycles. The Kier molecular flexibility index (Phi) is 5.43. The highest BCUT2D eigenvalue weighted by atomic mass is 19.1. The van der Waals surface area contributed by atoms with Crippen molar-refractivity contribution < 1.29 is 14.2 Å². The number of aliphatic hydroxyl groups excluding tert-OH is 1. The molecule has 0 amide bonds. The summed E-state index contributed by atoms with van der Waals surface area (Å²) in [6, 6.07) is 12.1. The number of hydrazine groups is 1. The van der Waals surface area contributed by atoms with E-state index in [4.69, 9.17) is 4.74 Å². The van der Waals surface area contributed by atoms with Gasteiger partial charge in [0, 0.05) is 19.0 Å². The van der Waals surface area contributed by atoms with Crippen molar-refractivity contribution in [1.82, 2.24) is 25.2 Å². The van der Waals surface area contributed by atoms with Crippen LogP contribution in [0.4, 0.5) is 4.39 Å². The quantitative estimate of drug-likeness (QED) is 0.571. The van der Waals surface area contributed by atoms with Gasteiger partial charge in [0.05, 0.1) is 19.3 Å². The molecule has 1 fully saturated rings. The summed E-state index contributed by atoms with van der Waals surface area (Å²) < 4.78 is 21.5. The fourth-order valence-corrected chi connectivity index (χ4v) is 3.46. The molecular weight excluding hydrogens is 377 g/mol. The highest BCUT2D eigenvalue weighted by Gasteiger charge is 2.18. The summed E-state index contributed by atoms with van der Waals surface area (Å²) in [4.78, 5) is 12.9. The Morgan fingerprint density at radius 3 is 2.55 bits per heavy atom. The molecule has 4 rings (SSSR count). The summed E-state index contributed by atoms with van der Waals surface area (Å²) in [6.45, 7) is 1.38. The van der Waals surface area contributed by atoms with Crippen molar-refractivity contribution in [3.05, 3.63) is 75.7 Å². The second-order valence-electron chi connectivity index (χ2n) is 6.87. The number of halogens is 1. The van der Waals surface area contributed by atoms with E-state index in [1.165, 1.54) is 28.5 Å². The molecular formula is C20H22FN5O3. The van der Waals surface area contributed by atoms with Gasteiger partial charge in [0.1, 0.15) is 6.61 Å². The average Bonchev–Trinajstić information content (AvgIpc) is 3.38. The van der Waals surface area contributed by atoms with Crippen molar-refractivity contribution in [3.63, 3.8) is 0 Å². The smallest absolute Gasteiger partial charge is 0.351 e. The van der Waals surface area contributed by atoms with E-state index in [0.29, 0.717) is 17.2 Å². The van der Waals surface area contributed by atoms with Crippen LogP contribution in [0, 0.1) is 5.82 Å². The molecule has 0 atom stereocenters. The molecule has 9 heteroatoms. The lowest BCUT2D eigenvalue weighted by Gasteiger charge is -2.08. The molecule has 29 heavy (non-hydrogen) atoms. The lowest BCUT2D eigenvalue weighted by atomic mass is 10.0. The third kappa shape index (κ3) is 3.80. The zero-order valence-corrected chi connectivity index (χ0v) is 15.9. The standard InChI is InChI=1S/C20H22FN5O3/c1-29-18-7-2-13(8-17(18)21)11-25-19(12-27)24-26(20(25)28)16-5-3-14(4-6-16)15-9-22-23-10-15/h2-8,15,22-23,27H,9-12H2,1H3. The summed E-state index contributed by atoms with van der Waals surface area (Å²) in [5, 5.41) is 13.9. The number of rotatable bonds is 6. The van der Waals surface area contributed by atoms with Gasteiger partial charge in [0.15, 0.2) is 17.4 Å². The second kappa shape index (κ2) is 8.16. The summed E-state index contributed by atoms with van der Waals surface area (Å²) >= 11 is 0. The van der Waals surface area contributed by atoms with Crippen LogP contribution in [0.2, 0.25) is 0 Å².